The molecule has 0 aromatic heterocycles. The van der Waals surface area contributed by atoms with E-state index < -0.39 is 0 Å². The quantitative estimate of drug-likeness (QED) is 0.716. The topological polar surface area (TPSA) is 73.4 Å². The van der Waals surface area contributed by atoms with Gasteiger partial charge in [0.25, 0.3) is 0 Å². The molecule has 1 atom stereocenters. The van der Waals surface area contributed by atoms with E-state index in [-0.39, 0.29) is 11.9 Å². The first-order valence-electron chi connectivity index (χ1n) is 5.76. The van der Waals surface area contributed by atoms with Gasteiger partial charge in [-0.15, -0.1) is 0 Å². The Kier molecular flexibility index (Phi) is 5.23. The highest BCUT2D eigenvalue weighted by atomic mass is 16.2. The molecule has 5 heteroatoms. The average molecular weight is 224 g/mol. The number of rotatable bonds is 4. The summed E-state index contributed by atoms with van der Waals surface area (Å²) in [6, 6.07) is 2.07. The minimum absolute atomic E-state index is 0.0656. The number of nitriles is 1. The number of hydrogen-bond acceptors (Lipinski definition) is 4. The van der Waals surface area contributed by atoms with Crippen molar-refractivity contribution < 1.29 is 4.79 Å². The van der Waals surface area contributed by atoms with Crippen LogP contribution in [-0.2, 0) is 4.79 Å². The molecule has 1 saturated heterocycles. The third-order valence-electron chi connectivity index (χ3n) is 2.76. The van der Waals surface area contributed by atoms with Gasteiger partial charge in [-0.1, -0.05) is 0 Å². The van der Waals surface area contributed by atoms with Crippen molar-refractivity contribution in [1.29, 1.82) is 5.26 Å². The van der Waals surface area contributed by atoms with Crippen molar-refractivity contribution in [2.45, 2.75) is 25.8 Å². The van der Waals surface area contributed by atoms with Gasteiger partial charge in [-0.2, -0.15) is 5.26 Å². The van der Waals surface area contributed by atoms with Crippen LogP contribution >= 0.6 is 0 Å². The molecule has 0 radical (unpaired) electrons. The lowest BCUT2D eigenvalue weighted by Gasteiger charge is -2.34. The third kappa shape index (κ3) is 4.17. The maximum absolute atomic E-state index is 11.7. The van der Waals surface area contributed by atoms with Crippen molar-refractivity contribution >= 4 is 5.91 Å². The normalized spacial score (nSPS) is 19.2. The van der Waals surface area contributed by atoms with Gasteiger partial charge in [0.2, 0.25) is 5.91 Å². The fourth-order valence-electron chi connectivity index (χ4n) is 1.83. The van der Waals surface area contributed by atoms with Crippen LogP contribution < -0.4 is 5.73 Å². The summed E-state index contributed by atoms with van der Waals surface area (Å²) in [5.74, 6) is 0.148. The van der Waals surface area contributed by atoms with Crippen LogP contribution in [0.2, 0.25) is 0 Å². The van der Waals surface area contributed by atoms with Crippen LogP contribution in [0.25, 0.3) is 0 Å². The molecule has 1 unspecified atom stereocenters. The van der Waals surface area contributed by atoms with Crippen molar-refractivity contribution in [2.24, 2.45) is 5.73 Å². The predicted molar refractivity (Wildman–Crippen MR) is 61.5 cm³/mol. The largest absolute Gasteiger partial charge is 0.340 e. The van der Waals surface area contributed by atoms with Crippen molar-refractivity contribution in [3.63, 3.8) is 0 Å². The van der Waals surface area contributed by atoms with Gasteiger partial charge < -0.3 is 10.6 Å². The second-order valence-corrected chi connectivity index (χ2v) is 4.31. The Labute approximate surface area is 96.8 Å². The summed E-state index contributed by atoms with van der Waals surface area (Å²) < 4.78 is 0. The molecule has 90 valence electrons. The molecule has 1 rings (SSSR count). The molecule has 0 aliphatic carbocycles. The monoisotopic (exact) mass is 224 g/mol. The van der Waals surface area contributed by atoms with Crippen LogP contribution in [0.3, 0.4) is 0 Å². The number of nitrogens with two attached hydrogens (primary N) is 1. The molecule has 0 bridgehead atoms. The number of carbonyl (C=O) groups excluding carboxylic acids is 1. The van der Waals surface area contributed by atoms with Gasteiger partial charge in [-0.25, -0.2) is 0 Å². The van der Waals surface area contributed by atoms with E-state index in [1.807, 2.05) is 11.8 Å². The molecule has 5 nitrogen and oxygen atoms in total. The van der Waals surface area contributed by atoms with Gasteiger partial charge in [-0.05, 0) is 6.92 Å². The Balaban J connectivity index is 2.26. The number of piperazine rings is 1. The minimum atomic E-state index is -0.0656. The number of hydrogen-bond donors (Lipinski definition) is 1. The first-order chi connectivity index (χ1) is 7.63. The molecule has 1 aliphatic rings. The number of carbonyl (C=O) groups is 1. The van der Waals surface area contributed by atoms with Crippen LogP contribution in [-0.4, -0.2) is 54.5 Å². The molecule has 0 aromatic rings. The van der Waals surface area contributed by atoms with Gasteiger partial charge in [0.1, 0.15) is 0 Å². The smallest absolute Gasteiger partial charge is 0.224 e. The van der Waals surface area contributed by atoms with Gasteiger partial charge in [0.05, 0.1) is 6.07 Å². The summed E-state index contributed by atoms with van der Waals surface area (Å²) in [6.07, 6.45) is 0.992. The molecule has 0 saturated carbocycles. The summed E-state index contributed by atoms with van der Waals surface area (Å²) in [4.78, 5) is 15.8. The van der Waals surface area contributed by atoms with Gasteiger partial charge in [-0.3, -0.25) is 9.69 Å². The van der Waals surface area contributed by atoms with E-state index in [1.54, 1.807) is 0 Å². The van der Waals surface area contributed by atoms with Gasteiger partial charge >= 0.3 is 0 Å². The Morgan fingerprint density at radius 3 is 2.56 bits per heavy atom. The van der Waals surface area contributed by atoms with E-state index >= 15 is 0 Å². The molecular weight excluding hydrogens is 204 g/mol. The lowest BCUT2D eigenvalue weighted by molar-refractivity contribution is -0.133. The number of nitrogens with zero attached hydrogens (tertiary/aromatic N) is 3. The fraction of sp³-hybridized carbons (Fsp3) is 0.818. The molecular formula is C11H20N4O. The third-order valence-corrected chi connectivity index (χ3v) is 2.76. The van der Waals surface area contributed by atoms with E-state index in [0.29, 0.717) is 12.8 Å². The van der Waals surface area contributed by atoms with Gasteiger partial charge in [0.15, 0.2) is 0 Å². The van der Waals surface area contributed by atoms with Crippen molar-refractivity contribution in [1.82, 2.24) is 9.80 Å². The Bertz CT molecular complexity index is 264. The van der Waals surface area contributed by atoms with E-state index in [0.717, 1.165) is 32.7 Å². The van der Waals surface area contributed by atoms with E-state index in [9.17, 15) is 4.79 Å². The second-order valence-electron chi connectivity index (χ2n) is 4.31. The lowest BCUT2D eigenvalue weighted by atomic mass is 10.2. The van der Waals surface area contributed by atoms with Crippen molar-refractivity contribution in [2.75, 3.05) is 32.7 Å². The average Bonchev–Trinajstić information content (AvgIpc) is 2.26. The van der Waals surface area contributed by atoms with Crippen molar-refractivity contribution in [3.05, 3.63) is 0 Å². The summed E-state index contributed by atoms with van der Waals surface area (Å²) in [7, 11) is 0. The molecule has 0 aromatic carbocycles. The van der Waals surface area contributed by atoms with Crippen LogP contribution in [0.1, 0.15) is 19.8 Å². The van der Waals surface area contributed by atoms with Crippen LogP contribution in [0.5, 0.6) is 0 Å². The molecule has 1 amide bonds. The molecule has 1 heterocycles. The minimum Gasteiger partial charge on any atom is -0.340 e. The first-order valence-corrected chi connectivity index (χ1v) is 5.76. The molecule has 0 spiro atoms. The highest BCUT2D eigenvalue weighted by Crippen LogP contribution is 2.05. The zero-order chi connectivity index (χ0) is 12.0. The zero-order valence-corrected chi connectivity index (χ0v) is 9.85. The summed E-state index contributed by atoms with van der Waals surface area (Å²) in [5, 5.41) is 8.48. The van der Waals surface area contributed by atoms with Crippen molar-refractivity contribution in [3.8, 4) is 6.07 Å². The fourth-order valence-corrected chi connectivity index (χ4v) is 1.83. The Hall–Kier alpha value is -1.12. The molecule has 16 heavy (non-hydrogen) atoms. The predicted octanol–water partition coefficient (Wildman–Crippen LogP) is -0.218. The Morgan fingerprint density at radius 2 is 2.06 bits per heavy atom. The first kappa shape index (κ1) is 12.9. The van der Waals surface area contributed by atoms with E-state index in [1.165, 1.54) is 0 Å². The maximum Gasteiger partial charge on any atom is 0.224 e. The molecule has 2 N–H and O–H groups in total. The zero-order valence-electron chi connectivity index (χ0n) is 9.85. The highest BCUT2D eigenvalue weighted by Gasteiger charge is 2.20. The van der Waals surface area contributed by atoms with Crippen LogP contribution in [0.4, 0.5) is 0 Å². The number of amides is 1. The SMILES string of the molecule is CC(N)CC(=O)N1CCN(CCC#N)CC1. The Morgan fingerprint density at radius 1 is 1.44 bits per heavy atom. The summed E-state index contributed by atoms with van der Waals surface area (Å²) in [6.45, 7) is 5.92. The highest BCUT2D eigenvalue weighted by molar-refractivity contribution is 5.76. The van der Waals surface area contributed by atoms with Crippen LogP contribution in [0.15, 0.2) is 0 Å². The van der Waals surface area contributed by atoms with Gasteiger partial charge in [0, 0.05) is 51.6 Å². The lowest BCUT2D eigenvalue weighted by Crippen LogP contribution is -2.49. The summed E-state index contributed by atoms with van der Waals surface area (Å²) >= 11 is 0. The van der Waals surface area contributed by atoms with E-state index in [2.05, 4.69) is 11.0 Å². The second kappa shape index (κ2) is 6.46. The molecule has 1 aliphatic heterocycles. The standard InChI is InChI=1S/C11H20N4O/c1-10(13)9-11(16)15-7-5-14(6-8-15)4-2-3-12/h10H,2,4-9,13H2,1H3. The summed E-state index contributed by atoms with van der Waals surface area (Å²) in [5.41, 5.74) is 5.60. The maximum atomic E-state index is 11.7. The molecule has 1 fully saturated rings. The van der Waals surface area contributed by atoms with Crippen LogP contribution in [0, 0.1) is 11.3 Å². The van der Waals surface area contributed by atoms with E-state index in [4.69, 9.17) is 11.0 Å².